The minimum absolute atomic E-state index is 0.196. The second kappa shape index (κ2) is 3.65. The normalized spacial score (nSPS) is 12.2. The molecular weight excluding hydrogens is 160 g/mol. The first-order valence-electron chi connectivity index (χ1n) is 4.45. The molecule has 0 amide bonds. The van der Waals surface area contributed by atoms with Crippen molar-refractivity contribution in [1.82, 2.24) is 0 Å². The van der Waals surface area contributed by atoms with Gasteiger partial charge in [0.25, 0.3) is 0 Å². The van der Waals surface area contributed by atoms with Crippen LogP contribution in [0, 0.1) is 0 Å². The van der Waals surface area contributed by atoms with Crippen molar-refractivity contribution in [2.24, 2.45) is 0 Å². The highest BCUT2D eigenvalue weighted by molar-refractivity contribution is 5.48. The highest BCUT2D eigenvalue weighted by Crippen LogP contribution is 2.22. The number of benzene rings is 1. The van der Waals surface area contributed by atoms with E-state index in [0.717, 1.165) is 11.8 Å². The zero-order valence-corrected chi connectivity index (χ0v) is 8.41. The third-order valence-corrected chi connectivity index (χ3v) is 2.04. The molecule has 1 rings (SSSR count). The fourth-order valence-electron chi connectivity index (χ4n) is 1.18. The van der Waals surface area contributed by atoms with Gasteiger partial charge in [0.2, 0.25) is 0 Å². The molecule has 0 atom stereocenters. The summed E-state index contributed by atoms with van der Waals surface area (Å²) in [5.41, 5.74) is 2.53. The molecule has 1 aromatic rings. The van der Waals surface area contributed by atoms with Gasteiger partial charge < -0.3 is 5.11 Å². The van der Waals surface area contributed by atoms with Gasteiger partial charge >= 0.3 is 0 Å². The lowest BCUT2D eigenvalue weighted by Gasteiger charge is -2.18. The average Bonchev–Trinajstić information content (AvgIpc) is 2.04. The van der Waals surface area contributed by atoms with Crippen molar-refractivity contribution in [3.63, 3.8) is 0 Å². The van der Waals surface area contributed by atoms with E-state index >= 15 is 0 Å². The molecule has 0 saturated heterocycles. The molecule has 0 aromatic heterocycles. The largest absolute Gasteiger partial charge is 0.516 e. The van der Waals surface area contributed by atoms with Gasteiger partial charge in [0.05, 0.1) is 6.26 Å². The standard InChI is InChI=1S/C12H16O/c1-12(2,3)11-6-4-10(5-7-11)8-9-13/h4-9,13H,1-3H3. The van der Waals surface area contributed by atoms with E-state index in [4.69, 9.17) is 5.11 Å². The van der Waals surface area contributed by atoms with Crippen molar-refractivity contribution in [3.8, 4) is 0 Å². The molecule has 0 saturated carbocycles. The molecular formula is C12H16O. The Balaban J connectivity index is 2.94. The van der Waals surface area contributed by atoms with E-state index in [2.05, 4.69) is 32.9 Å². The van der Waals surface area contributed by atoms with E-state index in [9.17, 15) is 0 Å². The number of hydrogen-bond donors (Lipinski definition) is 1. The number of rotatable bonds is 1. The summed E-state index contributed by atoms with van der Waals surface area (Å²) in [6, 6.07) is 8.20. The average molecular weight is 176 g/mol. The maximum absolute atomic E-state index is 8.57. The summed E-state index contributed by atoms with van der Waals surface area (Å²) in [6.45, 7) is 6.55. The Morgan fingerprint density at radius 2 is 1.62 bits per heavy atom. The van der Waals surface area contributed by atoms with E-state index in [-0.39, 0.29) is 5.41 Å². The highest BCUT2D eigenvalue weighted by Gasteiger charge is 2.12. The van der Waals surface area contributed by atoms with Gasteiger partial charge in [-0.3, -0.25) is 0 Å². The van der Waals surface area contributed by atoms with E-state index in [0.29, 0.717) is 0 Å². The zero-order valence-electron chi connectivity index (χ0n) is 8.41. The molecule has 70 valence electrons. The molecule has 0 unspecified atom stereocenters. The quantitative estimate of drug-likeness (QED) is 0.649. The Morgan fingerprint density at radius 3 is 2.00 bits per heavy atom. The Hall–Kier alpha value is -1.24. The van der Waals surface area contributed by atoms with Crippen molar-refractivity contribution in [2.45, 2.75) is 26.2 Å². The van der Waals surface area contributed by atoms with Gasteiger partial charge in [0, 0.05) is 0 Å². The minimum atomic E-state index is 0.196. The third kappa shape index (κ3) is 2.62. The maximum atomic E-state index is 8.57. The molecule has 0 aliphatic carbocycles. The van der Waals surface area contributed by atoms with Crippen LogP contribution in [-0.2, 0) is 5.41 Å². The predicted octanol–water partition coefficient (Wildman–Crippen LogP) is 3.51. The molecule has 1 nitrogen and oxygen atoms in total. The third-order valence-electron chi connectivity index (χ3n) is 2.04. The molecule has 1 N–H and O–H groups in total. The first kappa shape index (κ1) is 9.85. The second-order valence-corrected chi connectivity index (χ2v) is 4.19. The van der Waals surface area contributed by atoms with Crippen LogP contribution in [-0.4, -0.2) is 5.11 Å². The van der Waals surface area contributed by atoms with Crippen molar-refractivity contribution in [1.29, 1.82) is 0 Å². The Bertz CT molecular complexity index is 288. The van der Waals surface area contributed by atoms with Crippen LogP contribution in [0.4, 0.5) is 0 Å². The summed E-state index contributed by atoms with van der Waals surface area (Å²) < 4.78 is 0. The van der Waals surface area contributed by atoms with Crippen LogP contribution in [0.5, 0.6) is 0 Å². The Morgan fingerprint density at radius 1 is 1.08 bits per heavy atom. The summed E-state index contributed by atoms with van der Waals surface area (Å²) in [5, 5.41) is 8.57. The summed E-state index contributed by atoms with van der Waals surface area (Å²) in [4.78, 5) is 0. The first-order chi connectivity index (χ1) is 6.04. The molecule has 0 fully saturated rings. The molecule has 0 radical (unpaired) electrons. The smallest absolute Gasteiger partial charge is 0.0797 e. The van der Waals surface area contributed by atoms with Crippen LogP contribution in [0.25, 0.3) is 6.08 Å². The van der Waals surface area contributed by atoms with Crippen LogP contribution in [0.2, 0.25) is 0 Å². The van der Waals surface area contributed by atoms with Crippen LogP contribution in [0.15, 0.2) is 30.5 Å². The SMILES string of the molecule is CC(C)(C)c1ccc(C=CO)cc1. The predicted molar refractivity (Wildman–Crippen MR) is 56.8 cm³/mol. The second-order valence-electron chi connectivity index (χ2n) is 4.19. The van der Waals surface area contributed by atoms with Gasteiger partial charge in [-0.2, -0.15) is 0 Å². The van der Waals surface area contributed by atoms with E-state index in [1.807, 2.05) is 12.1 Å². The van der Waals surface area contributed by atoms with E-state index in [1.165, 1.54) is 5.56 Å². The lowest BCUT2D eigenvalue weighted by atomic mass is 9.87. The fraction of sp³-hybridized carbons (Fsp3) is 0.333. The van der Waals surface area contributed by atoms with Gasteiger partial charge in [-0.1, -0.05) is 45.0 Å². The molecule has 0 aliphatic heterocycles. The maximum Gasteiger partial charge on any atom is 0.0797 e. The van der Waals surface area contributed by atoms with Gasteiger partial charge in [-0.05, 0) is 22.6 Å². The van der Waals surface area contributed by atoms with Gasteiger partial charge in [-0.25, -0.2) is 0 Å². The molecule has 13 heavy (non-hydrogen) atoms. The van der Waals surface area contributed by atoms with Crippen molar-refractivity contribution < 1.29 is 5.11 Å². The van der Waals surface area contributed by atoms with Crippen LogP contribution in [0.3, 0.4) is 0 Å². The van der Waals surface area contributed by atoms with Crippen LogP contribution < -0.4 is 0 Å². The monoisotopic (exact) mass is 176 g/mol. The van der Waals surface area contributed by atoms with Crippen molar-refractivity contribution >= 4 is 6.08 Å². The summed E-state index contributed by atoms with van der Waals surface area (Å²) in [7, 11) is 0. The molecule has 1 heteroatoms. The number of hydrogen-bond acceptors (Lipinski definition) is 1. The summed E-state index contributed by atoms with van der Waals surface area (Å²) in [6.07, 6.45) is 2.73. The van der Waals surface area contributed by atoms with Gasteiger partial charge in [0.15, 0.2) is 0 Å². The summed E-state index contributed by atoms with van der Waals surface area (Å²) >= 11 is 0. The van der Waals surface area contributed by atoms with Crippen molar-refractivity contribution in [3.05, 3.63) is 41.7 Å². The van der Waals surface area contributed by atoms with Crippen LogP contribution >= 0.6 is 0 Å². The lowest BCUT2D eigenvalue weighted by molar-refractivity contribution is 0.478. The Labute approximate surface area is 79.7 Å². The zero-order chi connectivity index (χ0) is 9.90. The van der Waals surface area contributed by atoms with Gasteiger partial charge in [0.1, 0.15) is 0 Å². The number of aliphatic hydroxyl groups excluding tert-OH is 1. The first-order valence-corrected chi connectivity index (χ1v) is 4.45. The highest BCUT2D eigenvalue weighted by atomic mass is 16.2. The molecule has 0 aliphatic rings. The molecule has 0 heterocycles. The van der Waals surface area contributed by atoms with E-state index in [1.54, 1.807) is 6.08 Å². The van der Waals surface area contributed by atoms with Crippen LogP contribution in [0.1, 0.15) is 31.9 Å². The Kier molecular flexibility index (Phi) is 2.76. The van der Waals surface area contributed by atoms with Gasteiger partial charge in [-0.15, -0.1) is 0 Å². The fourth-order valence-corrected chi connectivity index (χ4v) is 1.18. The molecule has 0 bridgehead atoms. The number of aliphatic hydroxyl groups is 1. The molecule has 0 spiro atoms. The van der Waals surface area contributed by atoms with E-state index < -0.39 is 0 Å². The topological polar surface area (TPSA) is 20.2 Å². The molecule has 1 aromatic carbocycles. The summed E-state index contributed by atoms with van der Waals surface area (Å²) in [5.74, 6) is 0. The lowest BCUT2D eigenvalue weighted by Crippen LogP contribution is -2.10. The van der Waals surface area contributed by atoms with Crippen molar-refractivity contribution in [2.75, 3.05) is 0 Å². The minimum Gasteiger partial charge on any atom is -0.516 e.